The summed E-state index contributed by atoms with van der Waals surface area (Å²) < 4.78 is 17.0. The molecule has 44 heavy (non-hydrogen) atoms. The maximum atomic E-state index is 12.6. The summed E-state index contributed by atoms with van der Waals surface area (Å²) in [6.45, 7) is 14.1. The molecule has 0 aliphatic rings. The highest BCUT2D eigenvalue weighted by molar-refractivity contribution is 5.80. The van der Waals surface area contributed by atoms with Gasteiger partial charge in [0.1, 0.15) is 11.3 Å². The Morgan fingerprint density at radius 3 is 1.98 bits per heavy atom. The smallest absolute Gasteiger partial charge is 0.344 e. The Morgan fingerprint density at radius 1 is 0.818 bits per heavy atom. The van der Waals surface area contributed by atoms with Crippen LogP contribution in [0.1, 0.15) is 119 Å². The minimum Gasteiger partial charge on any atom is -0.494 e. The van der Waals surface area contributed by atoms with E-state index in [-0.39, 0.29) is 17.0 Å². The number of esters is 1. The molecule has 0 N–H and O–H groups in total. The van der Waals surface area contributed by atoms with Crippen molar-refractivity contribution in [3.05, 3.63) is 59.2 Å². The zero-order valence-electron chi connectivity index (χ0n) is 28.1. The van der Waals surface area contributed by atoms with Crippen molar-refractivity contribution in [1.29, 1.82) is 0 Å². The Labute approximate surface area is 265 Å². The van der Waals surface area contributed by atoms with Crippen LogP contribution in [0, 0.1) is 16.7 Å². The fourth-order valence-electron chi connectivity index (χ4n) is 5.61. The average Bonchev–Trinajstić information content (AvgIpc) is 2.98. The van der Waals surface area contributed by atoms with Gasteiger partial charge in [0.05, 0.1) is 24.2 Å². The molecule has 1 unspecified atom stereocenters. The largest absolute Gasteiger partial charge is 0.494 e. The van der Waals surface area contributed by atoms with E-state index in [9.17, 15) is 9.59 Å². The van der Waals surface area contributed by atoms with Crippen molar-refractivity contribution >= 4 is 16.9 Å². The number of nitrogens with zero attached hydrogens (tertiary/aromatic N) is 1. The van der Waals surface area contributed by atoms with Crippen LogP contribution in [0.2, 0.25) is 0 Å². The van der Waals surface area contributed by atoms with Crippen LogP contribution in [0.15, 0.2) is 58.0 Å². The molecule has 2 aromatic heterocycles. The monoisotopic (exact) mass is 605 g/mol. The molecule has 2 heterocycles. The number of fused-ring (bicyclic) bond motifs is 1. The number of rotatable bonds is 19. The van der Waals surface area contributed by atoms with Crippen molar-refractivity contribution in [2.75, 3.05) is 13.2 Å². The molecular formula is C38H55NO5. The number of hydrogen-bond donors (Lipinski definition) is 0. The van der Waals surface area contributed by atoms with Gasteiger partial charge in [-0.3, -0.25) is 9.78 Å². The lowest BCUT2D eigenvalue weighted by molar-refractivity contribution is -0.157. The summed E-state index contributed by atoms with van der Waals surface area (Å²) in [7, 11) is 0. The predicted octanol–water partition coefficient (Wildman–Crippen LogP) is 10.2. The minimum absolute atomic E-state index is 0.0534. The molecule has 0 saturated heterocycles. The van der Waals surface area contributed by atoms with E-state index >= 15 is 0 Å². The summed E-state index contributed by atoms with van der Waals surface area (Å²) in [5.41, 5.74) is 1.29. The molecule has 3 aromatic rings. The van der Waals surface area contributed by atoms with Crippen LogP contribution in [0.25, 0.3) is 22.1 Å². The average molecular weight is 606 g/mol. The number of hydrogen-bond acceptors (Lipinski definition) is 6. The van der Waals surface area contributed by atoms with Crippen molar-refractivity contribution in [2.45, 2.75) is 119 Å². The summed E-state index contributed by atoms with van der Waals surface area (Å²) in [5.74, 6) is 1.05. The lowest BCUT2D eigenvalue weighted by Crippen LogP contribution is -2.35. The van der Waals surface area contributed by atoms with E-state index in [0.717, 1.165) is 42.4 Å². The fourth-order valence-corrected chi connectivity index (χ4v) is 5.61. The van der Waals surface area contributed by atoms with Gasteiger partial charge < -0.3 is 13.9 Å². The van der Waals surface area contributed by atoms with Crippen LogP contribution in [-0.2, 0) is 9.53 Å². The molecule has 0 amide bonds. The Hall–Kier alpha value is -3.15. The molecule has 0 fully saturated rings. The van der Waals surface area contributed by atoms with E-state index < -0.39 is 5.41 Å². The Balaban J connectivity index is 1.16. The highest BCUT2D eigenvalue weighted by Gasteiger charge is 2.37. The van der Waals surface area contributed by atoms with Crippen LogP contribution in [-0.4, -0.2) is 24.2 Å². The number of aromatic nitrogens is 1. The third-order valence-electron chi connectivity index (χ3n) is 8.67. The molecule has 0 bridgehead atoms. The summed E-state index contributed by atoms with van der Waals surface area (Å²) in [4.78, 5) is 29.1. The Kier molecular flexibility index (Phi) is 13.9. The Morgan fingerprint density at radius 2 is 1.39 bits per heavy atom. The normalized spacial score (nSPS) is 12.8. The second-order valence-electron chi connectivity index (χ2n) is 14.1. The number of benzene rings is 1. The Bertz CT molecular complexity index is 1340. The summed E-state index contributed by atoms with van der Waals surface area (Å²) in [5, 5.41) is 0.801. The third kappa shape index (κ3) is 11.7. The van der Waals surface area contributed by atoms with E-state index in [2.05, 4.69) is 32.7 Å². The van der Waals surface area contributed by atoms with Crippen LogP contribution >= 0.6 is 0 Å². The molecule has 0 saturated carbocycles. The highest BCUT2D eigenvalue weighted by Crippen LogP contribution is 2.37. The number of pyridine rings is 1. The quantitative estimate of drug-likeness (QED) is 0.0999. The van der Waals surface area contributed by atoms with Gasteiger partial charge in [0, 0.05) is 17.8 Å². The topological polar surface area (TPSA) is 78.6 Å². The maximum absolute atomic E-state index is 12.6. The van der Waals surface area contributed by atoms with Crippen molar-refractivity contribution in [1.82, 2.24) is 4.98 Å². The molecule has 0 aliphatic heterocycles. The number of carbonyl (C=O) groups is 1. The van der Waals surface area contributed by atoms with Gasteiger partial charge in [-0.2, -0.15) is 0 Å². The summed E-state index contributed by atoms with van der Waals surface area (Å²) in [6.07, 6.45) is 17.5. The van der Waals surface area contributed by atoms with Crippen LogP contribution in [0.4, 0.5) is 0 Å². The van der Waals surface area contributed by atoms with Crippen molar-refractivity contribution in [2.24, 2.45) is 16.7 Å². The van der Waals surface area contributed by atoms with Gasteiger partial charge in [-0.15, -0.1) is 0 Å². The lowest BCUT2D eigenvalue weighted by Gasteiger charge is -2.34. The van der Waals surface area contributed by atoms with Gasteiger partial charge in [-0.25, -0.2) is 4.79 Å². The summed E-state index contributed by atoms with van der Waals surface area (Å²) in [6, 6.07) is 11.1. The van der Waals surface area contributed by atoms with Gasteiger partial charge in [-0.05, 0) is 74.3 Å². The van der Waals surface area contributed by atoms with Crippen LogP contribution < -0.4 is 10.4 Å². The van der Waals surface area contributed by atoms with E-state index in [4.69, 9.17) is 13.9 Å². The van der Waals surface area contributed by atoms with Crippen molar-refractivity contribution in [3.63, 3.8) is 0 Å². The van der Waals surface area contributed by atoms with E-state index in [1.165, 1.54) is 51.4 Å². The molecule has 0 spiro atoms. The van der Waals surface area contributed by atoms with Gasteiger partial charge >= 0.3 is 11.6 Å². The first-order valence-corrected chi connectivity index (χ1v) is 16.8. The van der Waals surface area contributed by atoms with E-state index in [1.54, 1.807) is 18.5 Å². The SMILES string of the molecule is CC(CC(C)(C)C)C(C)(C)C(=O)OCCCCCCCCCCCCCOc1ccc(-c2cc3cnccc3oc2=O)cc1. The zero-order chi connectivity index (χ0) is 32.0. The van der Waals surface area contributed by atoms with Gasteiger partial charge in [0.2, 0.25) is 0 Å². The molecule has 0 aliphatic carbocycles. The second kappa shape index (κ2) is 17.4. The van der Waals surface area contributed by atoms with E-state index in [0.29, 0.717) is 30.3 Å². The first kappa shape index (κ1) is 35.3. The highest BCUT2D eigenvalue weighted by atomic mass is 16.5. The number of unbranched alkanes of at least 4 members (excludes halogenated alkanes) is 10. The molecular weight excluding hydrogens is 550 g/mol. The first-order valence-electron chi connectivity index (χ1n) is 16.8. The van der Waals surface area contributed by atoms with Gasteiger partial charge in [-0.1, -0.05) is 97.6 Å². The van der Waals surface area contributed by atoms with Crippen molar-refractivity contribution < 1.29 is 18.7 Å². The zero-order valence-corrected chi connectivity index (χ0v) is 28.1. The molecule has 1 atom stereocenters. The van der Waals surface area contributed by atoms with Crippen molar-refractivity contribution in [3.8, 4) is 16.9 Å². The lowest BCUT2D eigenvalue weighted by atomic mass is 9.72. The molecule has 242 valence electrons. The van der Waals surface area contributed by atoms with Crippen LogP contribution in [0.3, 0.4) is 0 Å². The molecule has 0 radical (unpaired) electrons. The first-order chi connectivity index (χ1) is 21.0. The molecule has 1 aromatic carbocycles. The third-order valence-corrected chi connectivity index (χ3v) is 8.67. The van der Waals surface area contributed by atoms with Gasteiger partial charge in [0.15, 0.2) is 0 Å². The maximum Gasteiger partial charge on any atom is 0.344 e. The minimum atomic E-state index is -0.438. The predicted molar refractivity (Wildman–Crippen MR) is 180 cm³/mol. The molecule has 3 rings (SSSR count). The summed E-state index contributed by atoms with van der Waals surface area (Å²) >= 11 is 0. The molecule has 6 heteroatoms. The number of ether oxygens (including phenoxy) is 2. The standard InChI is InChI=1S/C38H55NO5/c1-29(27-37(2,3)4)38(5,6)36(41)43-25-17-15-13-11-9-7-8-10-12-14-16-24-42-32-20-18-30(19-21-32)33-26-31-28-39-23-22-34(31)44-35(33)40/h18-23,26,28-29H,7-17,24-25,27H2,1-6H3. The number of carbonyl (C=O) groups excluding carboxylic acids is 1. The second-order valence-corrected chi connectivity index (χ2v) is 14.1. The molecule has 6 nitrogen and oxygen atoms in total. The van der Waals surface area contributed by atoms with E-state index in [1.807, 2.05) is 44.2 Å². The van der Waals surface area contributed by atoms with Crippen LogP contribution in [0.5, 0.6) is 5.75 Å². The fraction of sp³-hybridized carbons (Fsp3) is 0.605. The van der Waals surface area contributed by atoms with Gasteiger partial charge in [0.25, 0.3) is 0 Å².